The van der Waals surface area contributed by atoms with Gasteiger partial charge < -0.3 is 9.71 Å². The van der Waals surface area contributed by atoms with Gasteiger partial charge in [-0.05, 0) is 116 Å². The Morgan fingerprint density at radius 2 is 1.16 bits per heavy atom. The van der Waals surface area contributed by atoms with Crippen LogP contribution in [0.3, 0.4) is 0 Å². The Kier molecular flexibility index (Phi) is 6.20. The molecule has 4 heterocycles. The molecule has 1 fully saturated rings. The Labute approximate surface area is 343 Å². The highest BCUT2D eigenvalue weighted by atomic mass is 15.3. The van der Waals surface area contributed by atoms with Crippen molar-refractivity contribution >= 4 is 40.5 Å². The Morgan fingerprint density at radius 3 is 1.90 bits per heavy atom. The van der Waals surface area contributed by atoms with Crippen molar-refractivity contribution in [1.82, 2.24) is 0 Å². The molecule has 7 aromatic rings. The molecule has 0 amide bonds. The molecular formula is C55H47BN2. The van der Waals surface area contributed by atoms with Crippen LogP contribution in [0.5, 0.6) is 0 Å². The summed E-state index contributed by atoms with van der Waals surface area (Å²) in [6.07, 6.45) is 4.94. The first-order chi connectivity index (χ1) is 28.2. The van der Waals surface area contributed by atoms with E-state index in [1.165, 1.54) is 121 Å². The molecule has 1 saturated carbocycles. The molecule has 4 aliphatic heterocycles. The number of nitrogens with zero attached hydrogens (tertiary/aromatic N) is 2. The summed E-state index contributed by atoms with van der Waals surface area (Å²) in [4.78, 5) is 5.70. The van der Waals surface area contributed by atoms with Gasteiger partial charge in [-0.15, -0.1) is 0 Å². The lowest BCUT2D eigenvalue weighted by atomic mass is 9.41. The summed E-state index contributed by atoms with van der Waals surface area (Å²) in [6.45, 7) is 12.5. The molecule has 2 aliphatic carbocycles. The van der Waals surface area contributed by atoms with Crippen LogP contribution in [0.15, 0.2) is 146 Å². The van der Waals surface area contributed by atoms with Gasteiger partial charge in [0, 0.05) is 33.7 Å². The molecule has 0 radical (unpaired) electrons. The van der Waals surface area contributed by atoms with Crippen molar-refractivity contribution in [3.63, 3.8) is 0 Å². The van der Waals surface area contributed by atoms with Crippen LogP contribution in [0, 0.1) is 0 Å². The summed E-state index contributed by atoms with van der Waals surface area (Å²) in [7, 11) is 0. The van der Waals surface area contributed by atoms with Crippen LogP contribution >= 0.6 is 0 Å². The highest BCUT2D eigenvalue weighted by molar-refractivity contribution is 6.93. The summed E-state index contributed by atoms with van der Waals surface area (Å²) >= 11 is 0. The molecule has 7 aromatic carbocycles. The quantitative estimate of drug-likeness (QED) is 0.154. The van der Waals surface area contributed by atoms with Crippen molar-refractivity contribution < 1.29 is 0 Å². The molecule has 0 saturated heterocycles. The minimum absolute atomic E-state index is 0.000478. The zero-order valence-corrected chi connectivity index (χ0v) is 34.2. The summed E-state index contributed by atoms with van der Waals surface area (Å²) in [5.41, 5.74) is 24.5. The van der Waals surface area contributed by atoms with Gasteiger partial charge in [-0.1, -0.05) is 168 Å². The SMILES string of the molecule is CC(C)(C)c1cc2c3c(c1)C1(C)CCCCC1(C)N3c1cc(-c3ccccc3)cc3c1B2N1c2ccccc2C2(c4ccccc4-c4ccccc42)c2cccc-3c21. The smallest absolute Gasteiger partial charge is 0.333 e. The third kappa shape index (κ3) is 3.70. The van der Waals surface area contributed by atoms with E-state index in [2.05, 4.69) is 190 Å². The third-order valence-corrected chi connectivity index (χ3v) is 15.9. The Hall–Kier alpha value is -5.80. The van der Waals surface area contributed by atoms with E-state index < -0.39 is 5.41 Å². The molecule has 13 rings (SSSR count). The summed E-state index contributed by atoms with van der Waals surface area (Å²) in [6, 6.07) is 56.7. The van der Waals surface area contributed by atoms with E-state index in [0.717, 1.165) is 0 Å². The Balaban J connectivity index is 1.22. The zero-order chi connectivity index (χ0) is 38.9. The number of hydrogen-bond acceptors (Lipinski definition) is 2. The second-order valence-corrected chi connectivity index (χ2v) is 19.5. The fourth-order valence-electron chi connectivity index (χ4n) is 13.1. The van der Waals surface area contributed by atoms with E-state index in [9.17, 15) is 0 Å². The molecule has 58 heavy (non-hydrogen) atoms. The third-order valence-electron chi connectivity index (χ3n) is 15.9. The molecule has 0 aromatic heterocycles. The van der Waals surface area contributed by atoms with Crippen molar-refractivity contribution in [3.8, 4) is 33.4 Å². The standard InChI is InChI=1S/C55H47BN2/c1-52(2,3)36-32-45-51-46(33-36)56-49-40(30-35(34-18-7-6-8-19-34)31-48(49)57(51)54(5)29-16-15-28-53(45,54)4)39-22-17-26-44-50(39)58(56)47-27-14-13-25-43(47)55(44)41-23-11-9-20-37(41)38-21-10-12-24-42(38)55/h6-14,17-27,30-33H,15-16,28-29H2,1-5H3. The van der Waals surface area contributed by atoms with Crippen molar-refractivity contribution in [2.75, 3.05) is 9.71 Å². The molecule has 2 unspecified atom stereocenters. The predicted octanol–water partition coefficient (Wildman–Crippen LogP) is 12.3. The van der Waals surface area contributed by atoms with Gasteiger partial charge in [0.2, 0.25) is 0 Å². The van der Waals surface area contributed by atoms with Gasteiger partial charge in [-0.3, -0.25) is 0 Å². The lowest BCUT2D eigenvalue weighted by molar-refractivity contribution is 0.195. The van der Waals surface area contributed by atoms with Gasteiger partial charge in [0.05, 0.1) is 11.0 Å². The molecule has 0 bridgehead atoms. The maximum absolute atomic E-state index is 2.89. The van der Waals surface area contributed by atoms with E-state index in [-0.39, 0.29) is 23.2 Å². The van der Waals surface area contributed by atoms with Crippen LogP contribution < -0.4 is 20.6 Å². The predicted molar refractivity (Wildman–Crippen MR) is 243 cm³/mol. The number of fused-ring (bicyclic) bond motifs is 16. The number of hydrogen-bond donors (Lipinski definition) is 0. The summed E-state index contributed by atoms with van der Waals surface area (Å²) < 4.78 is 0. The van der Waals surface area contributed by atoms with Crippen LogP contribution in [-0.4, -0.2) is 12.4 Å². The van der Waals surface area contributed by atoms with E-state index in [1.54, 1.807) is 5.56 Å². The van der Waals surface area contributed by atoms with Gasteiger partial charge in [-0.2, -0.15) is 0 Å². The monoisotopic (exact) mass is 746 g/mol. The largest absolute Gasteiger partial charge is 0.376 e. The van der Waals surface area contributed by atoms with Gasteiger partial charge >= 0.3 is 6.85 Å². The van der Waals surface area contributed by atoms with Crippen LogP contribution in [0.25, 0.3) is 33.4 Å². The van der Waals surface area contributed by atoms with Crippen LogP contribution in [0.4, 0.5) is 22.7 Å². The minimum Gasteiger partial charge on any atom is -0.376 e. The molecule has 2 nitrogen and oxygen atoms in total. The van der Waals surface area contributed by atoms with E-state index in [1.807, 2.05) is 0 Å². The van der Waals surface area contributed by atoms with Crippen LogP contribution in [-0.2, 0) is 16.2 Å². The molecule has 0 N–H and O–H groups in total. The van der Waals surface area contributed by atoms with Crippen molar-refractivity contribution in [1.29, 1.82) is 0 Å². The van der Waals surface area contributed by atoms with Crippen molar-refractivity contribution in [3.05, 3.63) is 179 Å². The molecule has 6 aliphatic rings. The minimum atomic E-state index is -0.450. The first-order valence-electron chi connectivity index (χ1n) is 21.6. The lowest BCUT2D eigenvalue weighted by Crippen LogP contribution is -2.65. The normalized spacial score (nSPS) is 21.8. The van der Waals surface area contributed by atoms with E-state index >= 15 is 0 Å². The number of para-hydroxylation sites is 2. The highest BCUT2D eigenvalue weighted by Gasteiger charge is 2.63. The first kappa shape index (κ1) is 33.2. The first-order valence-corrected chi connectivity index (χ1v) is 21.6. The van der Waals surface area contributed by atoms with E-state index in [0.29, 0.717) is 0 Å². The second kappa shape index (κ2) is 10.8. The second-order valence-electron chi connectivity index (χ2n) is 19.5. The average molecular weight is 747 g/mol. The number of rotatable bonds is 1. The fourth-order valence-corrected chi connectivity index (χ4v) is 13.1. The molecule has 2 atom stereocenters. The van der Waals surface area contributed by atoms with Gasteiger partial charge in [0.25, 0.3) is 0 Å². The van der Waals surface area contributed by atoms with Gasteiger partial charge in [-0.25, -0.2) is 0 Å². The molecule has 3 heteroatoms. The Morgan fingerprint density at radius 1 is 0.517 bits per heavy atom. The number of benzene rings is 7. The molecular weight excluding hydrogens is 699 g/mol. The summed E-state index contributed by atoms with van der Waals surface area (Å²) in [5.74, 6) is 0. The van der Waals surface area contributed by atoms with Gasteiger partial charge in [0.15, 0.2) is 0 Å². The summed E-state index contributed by atoms with van der Waals surface area (Å²) in [5, 5.41) is 0. The zero-order valence-electron chi connectivity index (χ0n) is 34.2. The van der Waals surface area contributed by atoms with Crippen LogP contribution in [0.2, 0.25) is 0 Å². The fraction of sp³-hybridized carbons (Fsp3) is 0.236. The number of anilines is 4. The van der Waals surface area contributed by atoms with Gasteiger partial charge in [0.1, 0.15) is 0 Å². The highest BCUT2D eigenvalue weighted by Crippen LogP contribution is 2.67. The molecule has 1 spiro atoms. The topological polar surface area (TPSA) is 6.48 Å². The lowest BCUT2D eigenvalue weighted by Gasteiger charge is -2.55. The maximum atomic E-state index is 2.89. The maximum Gasteiger partial charge on any atom is 0.333 e. The van der Waals surface area contributed by atoms with Crippen LogP contribution in [0.1, 0.15) is 93.7 Å². The average Bonchev–Trinajstić information content (AvgIpc) is 3.66. The Bertz CT molecular complexity index is 2910. The van der Waals surface area contributed by atoms with Crippen molar-refractivity contribution in [2.45, 2.75) is 82.1 Å². The van der Waals surface area contributed by atoms with Crippen molar-refractivity contribution in [2.24, 2.45) is 0 Å². The van der Waals surface area contributed by atoms with E-state index in [4.69, 9.17) is 0 Å². The molecule has 280 valence electrons.